The van der Waals surface area contributed by atoms with Gasteiger partial charge in [0.05, 0.1) is 17.6 Å². The first kappa shape index (κ1) is 17.7. The van der Waals surface area contributed by atoms with E-state index in [1.165, 1.54) is 0 Å². The lowest BCUT2D eigenvalue weighted by Crippen LogP contribution is -2.09. The van der Waals surface area contributed by atoms with E-state index in [-0.39, 0.29) is 17.6 Å². The van der Waals surface area contributed by atoms with Crippen LogP contribution in [0.3, 0.4) is 0 Å². The van der Waals surface area contributed by atoms with Crippen LogP contribution in [-0.2, 0) is 25.5 Å². The number of rotatable bonds is 7. The second-order valence-electron chi connectivity index (χ2n) is 5.46. The first-order chi connectivity index (χ1) is 10.9. The van der Waals surface area contributed by atoms with Gasteiger partial charge in [-0.05, 0) is 43.5 Å². The normalized spacial score (nSPS) is 13.0. The van der Waals surface area contributed by atoms with E-state index in [0.717, 1.165) is 16.7 Å². The third-order valence-electron chi connectivity index (χ3n) is 3.74. The van der Waals surface area contributed by atoms with Crippen LogP contribution in [0.5, 0.6) is 0 Å². The molecule has 0 aliphatic heterocycles. The molecule has 0 aliphatic carbocycles. The van der Waals surface area contributed by atoms with Crippen LogP contribution >= 0.6 is 0 Å². The molecule has 0 amide bonds. The van der Waals surface area contributed by atoms with Gasteiger partial charge in [0.25, 0.3) is 10.1 Å². The van der Waals surface area contributed by atoms with Crippen molar-refractivity contribution in [1.82, 2.24) is 0 Å². The van der Waals surface area contributed by atoms with Crippen LogP contribution in [0.25, 0.3) is 0 Å². The van der Waals surface area contributed by atoms with Crippen molar-refractivity contribution in [2.75, 3.05) is 13.7 Å². The van der Waals surface area contributed by atoms with Crippen LogP contribution in [0.2, 0.25) is 0 Å². The molecule has 5 heteroatoms. The average Bonchev–Trinajstić information content (AvgIpc) is 2.55. The van der Waals surface area contributed by atoms with Gasteiger partial charge in [0.2, 0.25) is 0 Å². The quantitative estimate of drug-likeness (QED) is 0.725. The van der Waals surface area contributed by atoms with E-state index >= 15 is 0 Å². The van der Waals surface area contributed by atoms with E-state index < -0.39 is 10.1 Å². The summed E-state index contributed by atoms with van der Waals surface area (Å²) in [4.78, 5) is 0.187. The fraction of sp³-hybridized carbons (Fsp3) is 0.333. The fourth-order valence-corrected chi connectivity index (χ4v) is 3.04. The highest BCUT2D eigenvalue weighted by Gasteiger charge is 2.14. The molecule has 2 aromatic carbocycles. The van der Waals surface area contributed by atoms with E-state index in [9.17, 15) is 8.42 Å². The molecule has 2 aromatic rings. The summed E-state index contributed by atoms with van der Waals surface area (Å²) < 4.78 is 34.5. The van der Waals surface area contributed by atoms with Gasteiger partial charge >= 0.3 is 0 Å². The number of aryl methyl sites for hydroxylation is 1. The fourth-order valence-electron chi connectivity index (χ4n) is 2.13. The molecule has 124 valence electrons. The zero-order valence-electron chi connectivity index (χ0n) is 13.7. The van der Waals surface area contributed by atoms with Gasteiger partial charge in [-0.1, -0.05) is 42.0 Å². The summed E-state index contributed by atoms with van der Waals surface area (Å²) in [6.45, 7) is 4.01. The number of ether oxygens (including phenoxy) is 1. The molecule has 0 saturated heterocycles. The molecule has 0 spiro atoms. The Morgan fingerprint density at radius 2 is 1.61 bits per heavy atom. The van der Waals surface area contributed by atoms with Crippen molar-refractivity contribution in [3.05, 3.63) is 65.2 Å². The number of methoxy groups -OCH3 is 1. The monoisotopic (exact) mass is 334 g/mol. The van der Waals surface area contributed by atoms with E-state index in [4.69, 9.17) is 8.92 Å². The van der Waals surface area contributed by atoms with E-state index in [2.05, 4.69) is 0 Å². The zero-order chi connectivity index (χ0) is 16.9. The van der Waals surface area contributed by atoms with E-state index in [1.54, 1.807) is 31.4 Å². The van der Waals surface area contributed by atoms with Crippen molar-refractivity contribution in [3.8, 4) is 0 Å². The Bertz CT molecular complexity index is 719. The van der Waals surface area contributed by atoms with Gasteiger partial charge in [-0.2, -0.15) is 8.42 Å². The molecule has 23 heavy (non-hydrogen) atoms. The standard InChI is InChI=1S/C18H22O4S/c1-14-4-10-18(11-5-14)23(19,20)22-13-12-16-6-8-17(9-7-16)15(2)21-3/h4-11,15H,12-13H2,1-3H3. The van der Waals surface area contributed by atoms with Crippen LogP contribution in [0.1, 0.15) is 29.7 Å². The molecule has 0 fully saturated rings. The Labute approximate surface area is 138 Å². The Balaban J connectivity index is 1.92. The number of benzene rings is 2. The molecule has 0 radical (unpaired) electrons. The van der Waals surface area contributed by atoms with Crippen molar-refractivity contribution < 1.29 is 17.3 Å². The lowest BCUT2D eigenvalue weighted by molar-refractivity contribution is 0.119. The maximum atomic E-state index is 12.1. The van der Waals surface area contributed by atoms with Crippen LogP contribution in [0.4, 0.5) is 0 Å². The van der Waals surface area contributed by atoms with E-state index in [0.29, 0.717) is 6.42 Å². The summed E-state index contributed by atoms with van der Waals surface area (Å²) in [5.41, 5.74) is 3.12. The van der Waals surface area contributed by atoms with Crippen LogP contribution in [-0.4, -0.2) is 22.1 Å². The second kappa shape index (κ2) is 7.73. The Kier molecular flexibility index (Phi) is 5.93. The largest absolute Gasteiger partial charge is 0.377 e. The number of hydrogen-bond donors (Lipinski definition) is 0. The molecular weight excluding hydrogens is 312 g/mol. The second-order valence-corrected chi connectivity index (χ2v) is 7.07. The molecule has 0 aliphatic rings. The van der Waals surface area contributed by atoms with Crippen molar-refractivity contribution in [3.63, 3.8) is 0 Å². The third kappa shape index (κ3) is 4.89. The van der Waals surface area contributed by atoms with Gasteiger partial charge in [-0.25, -0.2) is 0 Å². The average molecular weight is 334 g/mol. The third-order valence-corrected chi connectivity index (χ3v) is 5.07. The topological polar surface area (TPSA) is 52.6 Å². The highest BCUT2D eigenvalue weighted by Crippen LogP contribution is 2.17. The molecule has 4 nitrogen and oxygen atoms in total. The Morgan fingerprint density at radius 3 is 2.17 bits per heavy atom. The Morgan fingerprint density at radius 1 is 1.00 bits per heavy atom. The van der Waals surface area contributed by atoms with Crippen molar-refractivity contribution >= 4 is 10.1 Å². The Hall–Kier alpha value is -1.69. The summed E-state index contributed by atoms with van der Waals surface area (Å²) in [5.74, 6) is 0. The molecule has 1 atom stereocenters. The van der Waals surface area contributed by atoms with Gasteiger partial charge in [0.15, 0.2) is 0 Å². The van der Waals surface area contributed by atoms with Crippen LogP contribution < -0.4 is 0 Å². The first-order valence-corrected chi connectivity index (χ1v) is 8.91. The minimum Gasteiger partial charge on any atom is -0.377 e. The summed E-state index contributed by atoms with van der Waals surface area (Å²) in [5, 5.41) is 0. The minimum absolute atomic E-state index is 0.0437. The van der Waals surface area contributed by atoms with Gasteiger partial charge in [0, 0.05) is 7.11 Å². The van der Waals surface area contributed by atoms with Crippen molar-refractivity contribution in [2.24, 2.45) is 0 Å². The molecule has 2 rings (SSSR count). The predicted molar refractivity (Wildman–Crippen MR) is 89.9 cm³/mol. The lowest BCUT2D eigenvalue weighted by atomic mass is 10.1. The lowest BCUT2D eigenvalue weighted by Gasteiger charge is -2.10. The van der Waals surface area contributed by atoms with Gasteiger partial charge in [-0.15, -0.1) is 0 Å². The SMILES string of the molecule is COC(C)c1ccc(CCOS(=O)(=O)c2ccc(C)cc2)cc1. The maximum Gasteiger partial charge on any atom is 0.296 e. The molecule has 0 saturated carbocycles. The number of hydrogen-bond acceptors (Lipinski definition) is 4. The molecule has 1 unspecified atom stereocenters. The first-order valence-electron chi connectivity index (χ1n) is 7.50. The zero-order valence-corrected chi connectivity index (χ0v) is 14.5. The maximum absolute atomic E-state index is 12.1. The van der Waals surface area contributed by atoms with Gasteiger partial charge in [-0.3, -0.25) is 4.18 Å². The summed E-state index contributed by atoms with van der Waals surface area (Å²) in [6.07, 6.45) is 0.578. The van der Waals surface area contributed by atoms with Gasteiger partial charge in [0.1, 0.15) is 0 Å². The summed E-state index contributed by atoms with van der Waals surface area (Å²) in [6, 6.07) is 14.5. The molecular formula is C18H22O4S. The smallest absolute Gasteiger partial charge is 0.296 e. The molecule has 0 aromatic heterocycles. The minimum atomic E-state index is -3.69. The highest BCUT2D eigenvalue weighted by atomic mass is 32.2. The van der Waals surface area contributed by atoms with Crippen molar-refractivity contribution in [2.45, 2.75) is 31.3 Å². The van der Waals surface area contributed by atoms with Gasteiger partial charge < -0.3 is 4.74 Å². The summed E-state index contributed by atoms with van der Waals surface area (Å²) >= 11 is 0. The van der Waals surface area contributed by atoms with Crippen molar-refractivity contribution in [1.29, 1.82) is 0 Å². The van der Waals surface area contributed by atoms with E-state index in [1.807, 2.05) is 38.1 Å². The molecule has 0 bridgehead atoms. The highest BCUT2D eigenvalue weighted by molar-refractivity contribution is 7.86. The van der Waals surface area contributed by atoms with Crippen LogP contribution in [0, 0.1) is 6.92 Å². The van der Waals surface area contributed by atoms with Crippen LogP contribution in [0.15, 0.2) is 53.4 Å². The molecule has 0 heterocycles. The molecule has 0 N–H and O–H groups in total. The predicted octanol–water partition coefficient (Wildman–Crippen LogP) is 3.65. The summed E-state index contributed by atoms with van der Waals surface area (Å²) in [7, 11) is -2.02.